The van der Waals surface area contributed by atoms with Crippen molar-refractivity contribution in [3.8, 4) is 0 Å². The normalized spacial score (nSPS) is 25.7. The predicted octanol–water partition coefficient (Wildman–Crippen LogP) is 2.63. The Bertz CT molecular complexity index is 530. The first-order valence-corrected chi connectivity index (χ1v) is 8.43. The van der Waals surface area contributed by atoms with E-state index < -0.39 is 0 Å². The topological polar surface area (TPSA) is 63.9 Å². The third-order valence-corrected chi connectivity index (χ3v) is 4.69. The van der Waals surface area contributed by atoms with Gasteiger partial charge in [-0.3, -0.25) is 0 Å². The fourth-order valence-electron chi connectivity index (χ4n) is 3.58. The quantitative estimate of drug-likeness (QED) is 0.925. The van der Waals surface area contributed by atoms with Crippen molar-refractivity contribution in [2.75, 3.05) is 26.9 Å². The number of ether oxygens (including phenoxy) is 2. The molecule has 128 valence electrons. The molecule has 6 heteroatoms. The summed E-state index contributed by atoms with van der Waals surface area (Å²) in [4.78, 5) is 14.8. The third kappa shape index (κ3) is 3.70. The lowest BCUT2D eigenvalue weighted by molar-refractivity contribution is 0.0394. The van der Waals surface area contributed by atoms with E-state index in [0.717, 1.165) is 50.4 Å². The van der Waals surface area contributed by atoms with Crippen molar-refractivity contribution >= 4 is 6.03 Å². The van der Waals surface area contributed by atoms with Gasteiger partial charge in [-0.25, -0.2) is 4.79 Å². The molecule has 0 aromatic carbocycles. The summed E-state index contributed by atoms with van der Waals surface area (Å²) in [5.41, 5.74) is 0. The van der Waals surface area contributed by atoms with Crippen LogP contribution in [0, 0.1) is 6.92 Å². The van der Waals surface area contributed by atoms with Crippen LogP contribution >= 0.6 is 0 Å². The van der Waals surface area contributed by atoms with Gasteiger partial charge in [-0.05, 0) is 44.7 Å². The highest BCUT2D eigenvalue weighted by atomic mass is 16.5. The van der Waals surface area contributed by atoms with Gasteiger partial charge in [0.15, 0.2) is 0 Å². The summed E-state index contributed by atoms with van der Waals surface area (Å²) in [6.45, 7) is 3.76. The van der Waals surface area contributed by atoms with Gasteiger partial charge in [0.25, 0.3) is 0 Å². The molecule has 0 radical (unpaired) electrons. The highest BCUT2D eigenvalue weighted by Crippen LogP contribution is 2.29. The summed E-state index contributed by atoms with van der Waals surface area (Å²) in [5.74, 6) is 1.56. The van der Waals surface area contributed by atoms with Gasteiger partial charge in [-0.2, -0.15) is 0 Å². The molecule has 1 aliphatic heterocycles. The lowest BCUT2D eigenvalue weighted by Gasteiger charge is -2.31. The van der Waals surface area contributed by atoms with Gasteiger partial charge < -0.3 is 24.1 Å². The number of nitrogens with zero attached hydrogens (tertiary/aromatic N) is 1. The van der Waals surface area contributed by atoms with Gasteiger partial charge in [0.05, 0.1) is 18.8 Å². The maximum absolute atomic E-state index is 12.8. The Balaban J connectivity index is 1.70. The van der Waals surface area contributed by atoms with Crippen LogP contribution in [0.5, 0.6) is 0 Å². The predicted molar refractivity (Wildman–Crippen MR) is 85.3 cm³/mol. The molecule has 1 aromatic heterocycles. The Morgan fingerprint density at radius 2 is 2.30 bits per heavy atom. The average molecular weight is 322 g/mol. The van der Waals surface area contributed by atoms with Gasteiger partial charge in [0, 0.05) is 20.3 Å². The third-order valence-electron chi connectivity index (χ3n) is 4.69. The minimum absolute atomic E-state index is 0.0523. The van der Waals surface area contributed by atoms with Gasteiger partial charge in [0.2, 0.25) is 0 Å². The Kier molecular flexibility index (Phi) is 5.23. The van der Waals surface area contributed by atoms with Crippen LogP contribution in [0.15, 0.2) is 16.5 Å². The lowest BCUT2D eigenvalue weighted by Crippen LogP contribution is -2.49. The van der Waals surface area contributed by atoms with Gasteiger partial charge in [0.1, 0.15) is 17.6 Å². The number of rotatable bonds is 4. The van der Waals surface area contributed by atoms with E-state index in [0.29, 0.717) is 6.61 Å². The van der Waals surface area contributed by atoms with E-state index >= 15 is 0 Å². The standard InChI is InChI=1S/C17H26N2O4/c1-12-7-8-15(23-12)13(11-21-2)18-17(20)19-9-4-10-22-16-6-3-5-14(16)19/h7-8,13-14,16H,3-6,9-11H2,1-2H3,(H,18,20)/t13-,14-,16+/m0/s1. The maximum Gasteiger partial charge on any atom is 0.318 e. The molecule has 1 aliphatic carbocycles. The fourth-order valence-corrected chi connectivity index (χ4v) is 3.58. The Labute approximate surface area is 137 Å². The van der Waals surface area contributed by atoms with Crippen LogP contribution in [0.25, 0.3) is 0 Å². The monoisotopic (exact) mass is 322 g/mol. The number of amides is 2. The second-order valence-electron chi connectivity index (χ2n) is 6.36. The van der Waals surface area contributed by atoms with Crippen molar-refractivity contribution in [2.24, 2.45) is 0 Å². The Hall–Kier alpha value is -1.53. The minimum Gasteiger partial charge on any atom is -0.464 e. The molecule has 2 amide bonds. The van der Waals surface area contributed by atoms with E-state index in [9.17, 15) is 4.79 Å². The highest BCUT2D eigenvalue weighted by Gasteiger charge is 2.37. The molecule has 2 fully saturated rings. The van der Waals surface area contributed by atoms with Gasteiger partial charge in [-0.1, -0.05) is 0 Å². The van der Waals surface area contributed by atoms with Crippen LogP contribution < -0.4 is 5.32 Å². The molecule has 3 atom stereocenters. The zero-order valence-corrected chi connectivity index (χ0v) is 13.9. The molecule has 1 aromatic rings. The summed E-state index contributed by atoms with van der Waals surface area (Å²) < 4.78 is 16.8. The van der Waals surface area contributed by atoms with E-state index in [2.05, 4.69) is 5.32 Å². The van der Waals surface area contributed by atoms with E-state index in [1.54, 1.807) is 7.11 Å². The number of nitrogens with one attached hydrogen (secondary N) is 1. The highest BCUT2D eigenvalue weighted by molar-refractivity contribution is 5.75. The maximum atomic E-state index is 12.8. The molecule has 0 bridgehead atoms. The fraction of sp³-hybridized carbons (Fsp3) is 0.706. The lowest BCUT2D eigenvalue weighted by atomic mass is 10.2. The van der Waals surface area contributed by atoms with Crippen LogP contribution in [0.3, 0.4) is 0 Å². The summed E-state index contributed by atoms with van der Waals surface area (Å²) >= 11 is 0. The minimum atomic E-state index is -0.273. The molecule has 6 nitrogen and oxygen atoms in total. The average Bonchev–Trinajstić information content (AvgIpc) is 3.12. The first-order chi connectivity index (χ1) is 11.2. The molecule has 1 saturated carbocycles. The largest absolute Gasteiger partial charge is 0.464 e. The van der Waals surface area contributed by atoms with Crippen LogP contribution in [0.1, 0.15) is 43.2 Å². The number of carbonyl (C=O) groups excluding carboxylic acids is 1. The zero-order valence-electron chi connectivity index (χ0n) is 13.9. The number of urea groups is 1. The van der Waals surface area contributed by atoms with E-state index in [1.165, 1.54) is 0 Å². The number of hydrogen-bond donors (Lipinski definition) is 1. The van der Waals surface area contributed by atoms with Gasteiger partial charge in [-0.15, -0.1) is 0 Å². The SMILES string of the molecule is COC[C@H](NC(=O)N1CCCO[C@@H]2CCC[C@@H]21)c1ccc(C)o1. The summed E-state index contributed by atoms with van der Waals surface area (Å²) in [6.07, 6.45) is 4.27. The molecule has 0 unspecified atom stereocenters. The smallest absolute Gasteiger partial charge is 0.318 e. The number of aryl methyl sites for hydroxylation is 1. The molecule has 2 heterocycles. The Morgan fingerprint density at radius 3 is 3.04 bits per heavy atom. The number of fused-ring (bicyclic) bond motifs is 1. The van der Waals surface area contributed by atoms with Crippen molar-refractivity contribution in [1.29, 1.82) is 0 Å². The van der Waals surface area contributed by atoms with Crippen molar-refractivity contribution in [3.63, 3.8) is 0 Å². The van der Waals surface area contributed by atoms with Crippen LogP contribution in [-0.2, 0) is 9.47 Å². The Morgan fingerprint density at radius 1 is 1.43 bits per heavy atom. The number of furan rings is 1. The summed E-state index contributed by atoms with van der Waals surface area (Å²) in [5, 5.41) is 3.07. The second-order valence-corrected chi connectivity index (χ2v) is 6.36. The molecule has 1 saturated heterocycles. The molecule has 0 spiro atoms. The number of carbonyl (C=O) groups is 1. The molecular formula is C17H26N2O4. The van der Waals surface area contributed by atoms with Gasteiger partial charge >= 0.3 is 6.03 Å². The second kappa shape index (κ2) is 7.36. The van der Waals surface area contributed by atoms with Crippen molar-refractivity contribution in [2.45, 2.75) is 50.8 Å². The molecular weight excluding hydrogens is 296 g/mol. The van der Waals surface area contributed by atoms with Crippen molar-refractivity contribution in [1.82, 2.24) is 10.2 Å². The summed E-state index contributed by atoms with van der Waals surface area (Å²) in [6, 6.07) is 3.66. The van der Waals surface area contributed by atoms with Crippen molar-refractivity contribution in [3.05, 3.63) is 23.7 Å². The van der Waals surface area contributed by atoms with Crippen molar-refractivity contribution < 1.29 is 18.7 Å². The molecule has 1 N–H and O–H groups in total. The molecule has 2 aliphatic rings. The molecule has 23 heavy (non-hydrogen) atoms. The summed E-state index contributed by atoms with van der Waals surface area (Å²) in [7, 11) is 1.63. The first-order valence-electron chi connectivity index (χ1n) is 8.43. The van der Waals surface area contributed by atoms with E-state index in [1.807, 2.05) is 24.0 Å². The van der Waals surface area contributed by atoms with Crippen LogP contribution in [0.2, 0.25) is 0 Å². The zero-order chi connectivity index (χ0) is 16.2. The van der Waals surface area contributed by atoms with E-state index in [4.69, 9.17) is 13.9 Å². The first kappa shape index (κ1) is 16.3. The number of methoxy groups -OCH3 is 1. The molecule has 3 rings (SSSR count). The van der Waals surface area contributed by atoms with Crippen LogP contribution in [-0.4, -0.2) is 49.9 Å². The number of hydrogen-bond acceptors (Lipinski definition) is 4. The van der Waals surface area contributed by atoms with E-state index in [-0.39, 0.29) is 24.2 Å². The van der Waals surface area contributed by atoms with Crippen LogP contribution in [0.4, 0.5) is 4.79 Å².